The number of hydrogen-bond donors (Lipinski definition) is 1. The lowest BCUT2D eigenvalue weighted by Gasteiger charge is -2.26. The third kappa shape index (κ3) is 5.18. The van der Waals surface area contributed by atoms with Crippen LogP contribution in [0.5, 0.6) is 11.5 Å². The van der Waals surface area contributed by atoms with Gasteiger partial charge < -0.3 is 24.4 Å². The number of methoxy groups -OCH3 is 1. The minimum Gasteiger partial charge on any atom is -0.507 e. The van der Waals surface area contributed by atoms with Crippen LogP contribution < -0.4 is 9.47 Å². The minimum absolute atomic E-state index is 0.0385. The van der Waals surface area contributed by atoms with E-state index in [2.05, 4.69) is 0 Å². The molecule has 0 bridgehead atoms. The number of aliphatic hydroxyl groups excluding tert-OH is 1. The fourth-order valence-electron chi connectivity index (χ4n) is 3.61. The van der Waals surface area contributed by atoms with Gasteiger partial charge in [0, 0.05) is 25.6 Å². The summed E-state index contributed by atoms with van der Waals surface area (Å²) in [6.07, 6.45) is 0. The maximum atomic E-state index is 13.0. The number of nitrogens with zero attached hydrogens (tertiary/aromatic N) is 2. The van der Waals surface area contributed by atoms with E-state index < -0.39 is 23.7 Å². The van der Waals surface area contributed by atoms with Gasteiger partial charge in [-0.2, -0.15) is 0 Å². The molecule has 9 heteroatoms. The first-order valence-electron chi connectivity index (χ1n) is 10.2. The van der Waals surface area contributed by atoms with Crippen LogP contribution in [0.2, 0.25) is 5.02 Å². The van der Waals surface area contributed by atoms with Gasteiger partial charge in [-0.25, -0.2) is 0 Å². The van der Waals surface area contributed by atoms with E-state index >= 15 is 0 Å². The molecule has 1 amide bonds. The van der Waals surface area contributed by atoms with Crippen molar-refractivity contribution in [1.82, 2.24) is 9.80 Å². The van der Waals surface area contributed by atoms with Gasteiger partial charge in [-0.1, -0.05) is 23.7 Å². The molecule has 1 aliphatic heterocycles. The Morgan fingerprint density at radius 2 is 1.82 bits per heavy atom. The van der Waals surface area contributed by atoms with Crippen molar-refractivity contribution in [3.05, 3.63) is 64.2 Å². The van der Waals surface area contributed by atoms with Crippen LogP contribution in [-0.2, 0) is 14.4 Å². The molecule has 1 unspecified atom stereocenters. The number of likely N-dealkylation sites (tertiary alicyclic amines) is 1. The van der Waals surface area contributed by atoms with Crippen LogP contribution in [0.3, 0.4) is 0 Å². The summed E-state index contributed by atoms with van der Waals surface area (Å²) in [5.41, 5.74) is 0.845. The Labute approximate surface area is 197 Å². The number of benzene rings is 2. The Kier molecular flexibility index (Phi) is 7.40. The van der Waals surface area contributed by atoms with E-state index in [0.29, 0.717) is 34.2 Å². The number of ketones is 1. The molecule has 33 heavy (non-hydrogen) atoms. The van der Waals surface area contributed by atoms with Crippen molar-refractivity contribution in [2.45, 2.75) is 13.0 Å². The number of likely N-dealkylation sites (N-methyl/N-ethyl adjacent to an activating group) is 1. The first-order chi connectivity index (χ1) is 15.6. The van der Waals surface area contributed by atoms with Crippen molar-refractivity contribution in [3.63, 3.8) is 0 Å². The third-order valence-corrected chi connectivity index (χ3v) is 5.52. The van der Waals surface area contributed by atoms with Crippen molar-refractivity contribution in [2.24, 2.45) is 0 Å². The number of ether oxygens (including phenoxy) is 2. The van der Waals surface area contributed by atoms with Gasteiger partial charge in [0.05, 0.1) is 23.7 Å². The highest BCUT2D eigenvalue weighted by atomic mass is 35.5. The van der Waals surface area contributed by atoms with Crippen molar-refractivity contribution in [1.29, 1.82) is 0 Å². The Hall–Kier alpha value is -3.36. The third-order valence-electron chi connectivity index (χ3n) is 5.21. The molecule has 2 aromatic rings. The predicted molar refractivity (Wildman–Crippen MR) is 123 cm³/mol. The highest BCUT2D eigenvalue weighted by molar-refractivity contribution is 6.46. The number of Topliss-reactive ketones (excluding diaryl/α,β-unsaturated/α-hetero) is 1. The summed E-state index contributed by atoms with van der Waals surface area (Å²) in [6, 6.07) is 10.3. The van der Waals surface area contributed by atoms with Crippen molar-refractivity contribution in [3.8, 4) is 11.5 Å². The van der Waals surface area contributed by atoms with Crippen molar-refractivity contribution >= 4 is 35.0 Å². The molecule has 1 N–H and O–H groups in total. The largest absolute Gasteiger partial charge is 0.507 e. The number of halogens is 1. The molecule has 1 aliphatic rings. The first-order valence-corrected chi connectivity index (χ1v) is 10.6. The molecule has 2 aromatic carbocycles. The zero-order valence-corrected chi connectivity index (χ0v) is 19.5. The maximum Gasteiger partial charge on any atom is 0.308 e. The second kappa shape index (κ2) is 10.1. The van der Waals surface area contributed by atoms with Crippen molar-refractivity contribution < 1.29 is 29.0 Å². The van der Waals surface area contributed by atoms with E-state index in [1.165, 1.54) is 25.0 Å². The van der Waals surface area contributed by atoms with Crippen LogP contribution in [0.4, 0.5) is 0 Å². The van der Waals surface area contributed by atoms with Gasteiger partial charge in [-0.15, -0.1) is 0 Å². The standard InChI is InChI=1S/C24H25ClN2O6/c1-14(28)33-17-8-5-15(6-9-17)21-20(23(30)24(31)27(21)12-11-26(2)3)22(29)16-7-10-18(25)19(13-16)32-4/h5-10,13,21,29H,11-12H2,1-4H3/b22-20-. The summed E-state index contributed by atoms with van der Waals surface area (Å²) < 4.78 is 10.3. The molecular weight excluding hydrogens is 448 g/mol. The molecule has 0 aliphatic carbocycles. The van der Waals surface area contributed by atoms with E-state index in [-0.39, 0.29) is 17.9 Å². The van der Waals surface area contributed by atoms with Gasteiger partial charge >= 0.3 is 5.97 Å². The molecule has 8 nitrogen and oxygen atoms in total. The summed E-state index contributed by atoms with van der Waals surface area (Å²) in [5.74, 6) is -1.62. The monoisotopic (exact) mass is 472 g/mol. The average Bonchev–Trinajstić information content (AvgIpc) is 3.02. The fraction of sp³-hybridized carbons (Fsp3) is 0.292. The number of esters is 1. The van der Waals surface area contributed by atoms with E-state index in [9.17, 15) is 19.5 Å². The Bertz CT molecular complexity index is 1110. The zero-order chi connectivity index (χ0) is 24.3. The SMILES string of the molecule is COc1cc(/C(O)=C2/C(=O)C(=O)N(CCN(C)C)C2c2ccc(OC(C)=O)cc2)ccc1Cl. The second-order valence-corrected chi connectivity index (χ2v) is 8.21. The molecule has 1 atom stereocenters. The maximum absolute atomic E-state index is 13.0. The smallest absolute Gasteiger partial charge is 0.308 e. The Morgan fingerprint density at radius 3 is 2.39 bits per heavy atom. The van der Waals surface area contributed by atoms with E-state index in [0.717, 1.165) is 0 Å². The van der Waals surface area contributed by atoms with Gasteiger partial charge in [0.1, 0.15) is 17.3 Å². The van der Waals surface area contributed by atoms with E-state index in [4.69, 9.17) is 21.1 Å². The molecule has 0 saturated carbocycles. The number of rotatable bonds is 7. The topological polar surface area (TPSA) is 96.4 Å². The normalized spacial score (nSPS) is 17.5. The van der Waals surface area contributed by atoms with Crippen LogP contribution >= 0.6 is 11.6 Å². The van der Waals surface area contributed by atoms with Crippen LogP contribution in [0.25, 0.3) is 5.76 Å². The molecule has 0 aromatic heterocycles. The second-order valence-electron chi connectivity index (χ2n) is 7.81. The first kappa shape index (κ1) is 24.3. The number of aliphatic hydroxyl groups is 1. The molecular formula is C24H25ClN2O6. The summed E-state index contributed by atoms with van der Waals surface area (Å²) in [4.78, 5) is 40.5. The molecule has 3 rings (SSSR count). The quantitative estimate of drug-likeness (QED) is 0.217. The molecule has 1 heterocycles. The number of amides is 1. The van der Waals surface area contributed by atoms with Gasteiger partial charge in [0.15, 0.2) is 0 Å². The number of hydrogen-bond acceptors (Lipinski definition) is 7. The van der Waals surface area contributed by atoms with Gasteiger partial charge in [0.25, 0.3) is 11.7 Å². The van der Waals surface area contributed by atoms with Crippen LogP contribution in [0.15, 0.2) is 48.0 Å². The Morgan fingerprint density at radius 1 is 1.15 bits per heavy atom. The van der Waals surface area contributed by atoms with Crippen LogP contribution in [0.1, 0.15) is 24.1 Å². The van der Waals surface area contributed by atoms with Crippen LogP contribution in [-0.4, -0.2) is 66.9 Å². The Balaban J connectivity index is 2.13. The fourth-order valence-corrected chi connectivity index (χ4v) is 3.81. The summed E-state index contributed by atoms with van der Waals surface area (Å²) in [6.45, 7) is 2.09. The summed E-state index contributed by atoms with van der Waals surface area (Å²) in [7, 11) is 5.16. The molecule has 1 saturated heterocycles. The van der Waals surface area contributed by atoms with Gasteiger partial charge in [-0.05, 0) is 50.0 Å². The molecule has 1 fully saturated rings. The van der Waals surface area contributed by atoms with E-state index in [1.54, 1.807) is 36.4 Å². The highest BCUT2D eigenvalue weighted by Crippen LogP contribution is 2.40. The summed E-state index contributed by atoms with van der Waals surface area (Å²) >= 11 is 6.09. The lowest BCUT2D eigenvalue weighted by atomic mass is 9.95. The minimum atomic E-state index is -0.821. The average molecular weight is 473 g/mol. The van der Waals surface area contributed by atoms with Gasteiger partial charge in [0.2, 0.25) is 0 Å². The number of carbonyl (C=O) groups excluding carboxylic acids is 3. The molecule has 174 valence electrons. The summed E-state index contributed by atoms with van der Waals surface area (Å²) in [5, 5.41) is 11.5. The lowest BCUT2D eigenvalue weighted by molar-refractivity contribution is -0.140. The predicted octanol–water partition coefficient (Wildman–Crippen LogP) is 3.26. The molecule has 0 radical (unpaired) electrons. The zero-order valence-electron chi connectivity index (χ0n) is 18.8. The van der Waals surface area contributed by atoms with E-state index in [1.807, 2.05) is 19.0 Å². The highest BCUT2D eigenvalue weighted by Gasteiger charge is 2.45. The van der Waals surface area contributed by atoms with Crippen LogP contribution in [0, 0.1) is 0 Å². The number of carbonyl (C=O) groups is 3. The van der Waals surface area contributed by atoms with Crippen molar-refractivity contribution in [2.75, 3.05) is 34.3 Å². The molecule has 0 spiro atoms. The lowest BCUT2D eigenvalue weighted by Crippen LogP contribution is -2.35. The van der Waals surface area contributed by atoms with Gasteiger partial charge in [-0.3, -0.25) is 14.4 Å².